The van der Waals surface area contributed by atoms with E-state index >= 15 is 0 Å². The Morgan fingerprint density at radius 2 is 1.12 bits per heavy atom. The number of hydrogen-bond acceptors (Lipinski definition) is 5. The van der Waals surface area contributed by atoms with Crippen molar-refractivity contribution >= 4 is 66.7 Å². The highest BCUT2D eigenvalue weighted by atomic mass is 16.5. The van der Waals surface area contributed by atoms with Crippen LogP contribution in [0.3, 0.4) is 0 Å². The molecule has 0 saturated carbocycles. The fourth-order valence-electron chi connectivity index (χ4n) is 8.27. The number of ether oxygens (including phenoxy) is 1. The average molecular weight is 726 g/mol. The van der Waals surface area contributed by atoms with Crippen LogP contribution in [0.25, 0.3) is 94.9 Å². The van der Waals surface area contributed by atoms with Crippen molar-refractivity contribution in [2.45, 2.75) is 6.92 Å². The minimum absolute atomic E-state index is 0.463. The van der Waals surface area contributed by atoms with Crippen LogP contribution in [0, 0.1) is 6.92 Å². The van der Waals surface area contributed by atoms with Crippen molar-refractivity contribution < 1.29 is 4.74 Å². The summed E-state index contributed by atoms with van der Waals surface area (Å²) in [6.07, 6.45) is 0. The second-order valence-corrected chi connectivity index (χ2v) is 14.3. The lowest BCUT2D eigenvalue weighted by molar-refractivity contribution is 0.446. The van der Waals surface area contributed by atoms with Gasteiger partial charge in [-0.2, -0.15) is 4.98 Å². The van der Waals surface area contributed by atoms with Crippen LogP contribution in [0.1, 0.15) is 5.56 Å². The van der Waals surface area contributed by atoms with Gasteiger partial charge >= 0.3 is 0 Å². The number of hydrogen-bond donors (Lipinski definition) is 1. The second kappa shape index (κ2) is 11.4. The van der Waals surface area contributed by atoms with Gasteiger partial charge in [0.25, 0.3) is 6.01 Å². The molecule has 0 radical (unpaired) electrons. The van der Waals surface area contributed by atoms with Gasteiger partial charge in [0.05, 0.1) is 66.6 Å². The van der Waals surface area contributed by atoms with E-state index in [1.165, 1.54) is 0 Å². The molecule has 6 aromatic carbocycles. The number of H-pyrrole nitrogens is 1. The molecule has 56 heavy (non-hydrogen) atoms. The first-order chi connectivity index (χ1) is 27.6. The van der Waals surface area contributed by atoms with E-state index in [0.717, 1.165) is 106 Å². The highest BCUT2D eigenvalue weighted by Crippen LogP contribution is 2.35. The standard InChI is InChI=1S/C46H31N9O/c1-27-24-30(20-23-43(27)56-44-48-33-10-3-4-11-34(33)49-44)53-40-22-19-29(26-42(40)55-38-17-8-6-13-36(38)51-46(53)55)32-15-9-14-31(47-32)28-18-21-39-41(25-28)54-37-16-7-5-12-35(37)50-45(54)52(39)2/h3-26H,1-2H3,(H,48,49). The van der Waals surface area contributed by atoms with Crippen molar-refractivity contribution in [2.24, 2.45) is 7.05 Å². The van der Waals surface area contributed by atoms with Crippen LogP contribution in [0.4, 0.5) is 0 Å². The van der Waals surface area contributed by atoms with Gasteiger partial charge in [0.2, 0.25) is 11.6 Å². The van der Waals surface area contributed by atoms with E-state index in [2.05, 4.69) is 145 Å². The van der Waals surface area contributed by atoms with Crippen LogP contribution in [-0.4, -0.2) is 42.9 Å². The van der Waals surface area contributed by atoms with Crippen LogP contribution in [0.2, 0.25) is 0 Å². The summed E-state index contributed by atoms with van der Waals surface area (Å²) in [6, 6.07) is 50.5. The monoisotopic (exact) mass is 725 g/mol. The summed E-state index contributed by atoms with van der Waals surface area (Å²) in [7, 11) is 2.07. The maximum absolute atomic E-state index is 6.24. The first-order valence-electron chi connectivity index (χ1n) is 18.5. The fraction of sp³-hybridized carbons (Fsp3) is 0.0435. The van der Waals surface area contributed by atoms with E-state index in [4.69, 9.17) is 19.7 Å². The third-order valence-electron chi connectivity index (χ3n) is 11.0. The summed E-state index contributed by atoms with van der Waals surface area (Å²) in [5.41, 5.74) is 16.0. The molecule has 266 valence electrons. The van der Waals surface area contributed by atoms with Gasteiger partial charge in [-0.05, 0) is 103 Å². The average Bonchev–Trinajstić information content (AvgIpc) is 4.04. The van der Waals surface area contributed by atoms with Crippen molar-refractivity contribution in [3.05, 3.63) is 151 Å². The van der Waals surface area contributed by atoms with Gasteiger partial charge in [-0.25, -0.2) is 15.0 Å². The van der Waals surface area contributed by atoms with Gasteiger partial charge in [-0.1, -0.05) is 54.6 Å². The Balaban J connectivity index is 0.969. The predicted octanol–water partition coefficient (Wildman–Crippen LogP) is 10.4. The number of benzene rings is 6. The number of aryl methyl sites for hydroxylation is 2. The summed E-state index contributed by atoms with van der Waals surface area (Å²) in [6.45, 7) is 2.05. The molecule has 6 aromatic heterocycles. The van der Waals surface area contributed by atoms with Gasteiger partial charge in [0.15, 0.2) is 0 Å². The number of aromatic amines is 1. The molecule has 12 aromatic rings. The Bertz CT molecular complexity index is 3530. The lowest BCUT2D eigenvalue weighted by Crippen LogP contribution is -1.97. The molecular weight excluding hydrogens is 695 g/mol. The van der Waals surface area contributed by atoms with Gasteiger partial charge in [-0.15, -0.1) is 0 Å². The summed E-state index contributed by atoms with van der Waals surface area (Å²) in [5.74, 6) is 2.48. The van der Waals surface area contributed by atoms with Crippen molar-refractivity contribution in [3.63, 3.8) is 0 Å². The highest BCUT2D eigenvalue weighted by molar-refractivity contribution is 5.95. The van der Waals surface area contributed by atoms with E-state index in [9.17, 15) is 0 Å². The molecule has 6 heterocycles. The second-order valence-electron chi connectivity index (χ2n) is 14.3. The quantitative estimate of drug-likeness (QED) is 0.191. The molecule has 0 amide bonds. The summed E-state index contributed by atoms with van der Waals surface area (Å²) in [4.78, 5) is 23.2. The van der Waals surface area contributed by atoms with E-state index in [0.29, 0.717) is 6.01 Å². The number of imidazole rings is 5. The summed E-state index contributed by atoms with van der Waals surface area (Å²) in [5, 5.41) is 0. The molecule has 10 nitrogen and oxygen atoms in total. The topological polar surface area (TPSA) is 95.3 Å². The molecule has 0 unspecified atom stereocenters. The first-order valence-corrected chi connectivity index (χ1v) is 18.5. The molecule has 0 bridgehead atoms. The number of para-hydroxylation sites is 6. The smallest absolute Gasteiger partial charge is 0.300 e. The summed E-state index contributed by atoms with van der Waals surface area (Å²) < 4.78 is 15.1. The maximum atomic E-state index is 6.24. The fourth-order valence-corrected chi connectivity index (χ4v) is 8.27. The van der Waals surface area contributed by atoms with Crippen LogP contribution < -0.4 is 4.74 Å². The van der Waals surface area contributed by atoms with Gasteiger partial charge in [0.1, 0.15) is 5.75 Å². The number of fused-ring (bicyclic) bond motifs is 11. The molecule has 10 heteroatoms. The van der Waals surface area contributed by atoms with Gasteiger partial charge < -0.3 is 14.3 Å². The van der Waals surface area contributed by atoms with E-state index < -0.39 is 0 Å². The molecule has 1 N–H and O–H groups in total. The van der Waals surface area contributed by atoms with Crippen molar-refractivity contribution in [2.75, 3.05) is 0 Å². The lowest BCUT2D eigenvalue weighted by Gasteiger charge is -2.11. The largest absolute Gasteiger partial charge is 0.425 e. The molecule has 0 atom stereocenters. The van der Waals surface area contributed by atoms with Crippen LogP contribution >= 0.6 is 0 Å². The third-order valence-corrected chi connectivity index (χ3v) is 11.0. The van der Waals surface area contributed by atoms with Crippen molar-refractivity contribution in [1.82, 2.24) is 42.9 Å². The predicted molar refractivity (Wildman–Crippen MR) is 222 cm³/mol. The zero-order valence-corrected chi connectivity index (χ0v) is 30.3. The van der Waals surface area contributed by atoms with E-state index in [1.54, 1.807) is 0 Å². The first kappa shape index (κ1) is 30.7. The molecule has 0 aliphatic carbocycles. The zero-order valence-electron chi connectivity index (χ0n) is 30.3. The minimum atomic E-state index is 0.463. The molecular formula is C46H31N9O. The molecule has 0 saturated heterocycles. The van der Waals surface area contributed by atoms with Gasteiger partial charge in [0, 0.05) is 23.9 Å². The van der Waals surface area contributed by atoms with Crippen LogP contribution in [0.5, 0.6) is 11.8 Å². The molecule has 12 rings (SSSR count). The summed E-state index contributed by atoms with van der Waals surface area (Å²) >= 11 is 0. The number of aromatic nitrogens is 9. The molecule has 0 spiro atoms. The van der Waals surface area contributed by atoms with E-state index in [-0.39, 0.29) is 0 Å². The zero-order chi connectivity index (χ0) is 37.1. The Hall–Kier alpha value is -7.72. The lowest BCUT2D eigenvalue weighted by atomic mass is 10.1. The number of pyridine rings is 1. The Labute approximate surface area is 318 Å². The van der Waals surface area contributed by atoms with E-state index in [1.807, 2.05) is 42.5 Å². The van der Waals surface area contributed by atoms with Crippen molar-refractivity contribution in [3.8, 4) is 40.0 Å². The van der Waals surface area contributed by atoms with Crippen LogP contribution in [0.15, 0.2) is 146 Å². The normalized spacial score (nSPS) is 12.1. The number of rotatable bonds is 5. The Kier molecular flexibility index (Phi) is 6.25. The molecule has 0 aliphatic rings. The Morgan fingerprint density at radius 1 is 0.500 bits per heavy atom. The van der Waals surface area contributed by atoms with Crippen molar-refractivity contribution in [1.29, 1.82) is 0 Å². The van der Waals surface area contributed by atoms with Gasteiger partial charge in [-0.3, -0.25) is 13.4 Å². The number of nitrogens with zero attached hydrogens (tertiary/aromatic N) is 8. The molecule has 0 aliphatic heterocycles. The Morgan fingerprint density at radius 3 is 1.84 bits per heavy atom. The SMILES string of the molecule is Cc1cc(-n2c3ccc(-c4cccc(-c5ccc6c(c5)n5c7ccccc7nc5n6C)n4)cc3n3c4ccccc4nc23)ccc1Oc1nc2ccccc2[nH]1. The maximum Gasteiger partial charge on any atom is 0.300 e. The highest BCUT2D eigenvalue weighted by Gasteiger charge is 2.20. The third kappa shape index (κ3) is 4.43. The van der Waals surface area contributed by atoms with Crippen LogP contribution in [-0.2, 0) is 7.05 Å². The minimum Gasteiger partial charge on any atom is -0.425 e. The molecule has 0 fully saturated rings. The number of nitrogens with one attached hydrogen (secondary N) is 1.